The number of carbonyl (C=O) groups is 1. The lowest BCUT2D eigenvalue weighted by Gasteiger charge is -2.37. The summed E-state index contributed by atoms with van der Waals surface area (Å²) >= 11 is 5.58. The molecule has 2 N–H and O–H groups in total. The van der Waals surface area contributed by atoms with Crippen LogP contribution in [-0.2, 0) is 29.4 Å². The highest BCUT2D eigenvalue weighted by molar-refractivity contribution is 7.56. The number of carbonyl (C=O) groups excluding carboxylic acids is 1. The molecule has 1 aromatic carbocycles. The molecule has 0 aromatic heterocycles. The number of rotatable bonds is 10. The van der Waals surface area contributed by atoms with E-state index in [4.69, 9.17) is 23.3 Å². The molecule has 0 aliphatic carbocycles. The first-order valence-electron chi connectivity index (χ1n) is 9.10. The maximum atomic E-state index is 12.5. The Bertz CT molecular complexity index is 569. The summed E-state index contributed by atoms with van der Waals surface area (Å²) < 4.78 is 7.67. The van der Waals surface area contributed by atoms with Gasteiger partial charge in [-0.3, -0.25) is 4.79 Å². The first kappa shape index (κ1) is 23.3. The first-order chi connectivity index (χ1) is 12.2. The van der Waals surface area contributed by atoms with E-state index in [0.29, 0.717) is 34.7 Å². The highest BCUT2D eigenvalue weighted by Crippen LogP contribution is 2.16. The third-order valence-electron chi connectivity index (χ3n) is 4.19. The fourth-order valence-corrected chi connectivity index (χ4v) is 3.81. The topological polar surface area (TPSA) is 58.8 Å². The summed E-state index contributed by atoms with van der Waals surface area (Å²) in [5.74, 6) is 0. The van der Waals surface area contributed by atoms with Gasteiger partial charge in [-0.25, -0.2) is 0 Å². The number of amides is 2. The molecule has 0 heterocycles. The number of nitrogens with zero attached hydrogens (tertiary/aromatic N) is 2. The Kier molecular flexibility index (Phi) is 10.1. The van der Waals surface area contributed by atoms with Crippen LogP contribution in [-0.4, -0.2) is 56.4 Å². The Labute approximate surface area is 170 Å². The maximum Gasteiger partial charge on any atom is 0.299 e. The average Bonchev–Trinajstić information content (AvgIpc) is 2.58. The van der Waals surface area contributed by atoms with Crippen LogP contribution in [0, 0.1) is 0 Å². The van der Waals surface area contributed by atoms with Crippen LogP contribution in [0.4, 0.5) is 4.79 Å². The molecule has 0 fully saturated rings. The van der Waals surface area contributed by atoms with Crippen LogP contribution in [0.3, 0.4) is 0 Å². The predicted octanol–water partition coefficient (Wildman–Crippen LogP) is 3.14. The molecule has 0 spiro atoms. The maximum absolute atomic E-state index is 12.5. The van der Waals surface area contributed by atoms with Crippen molar-refractivity contribution < 1.29 is 9.53 Å². The van der Waals surface area contributed by atoms with Crippen LogP contribution in [0.25, 0.3) is 0 Å². The van der Waals surface area contributed by atoms with Crippen molar-refractivity contribution in [3.05, 3.63) is 35.4 Å². The molecule has 0 bridgehead atoms. The third kappa shape index (κ3) is 8.32. The van der Waals surface area contributed by atoms with Gasteiger partial charge in [0.25, 0.3) is 6.03 Å². The molecule has 0 saturated heterocycles. The SMILES string of the molecule is C[CH](C)[Al][CH2]c1ccccc1CN(C)C(=O)N([S-])COC(C)(C)CCN. The molecule has 5 nitrogen and oxygen atoms in total. The Morgan fingerprint density at radius 1 is 1.31 bits per heavy atom. The van der Waals surface area contributed by atoms with E-state index in [9.17, 15) is 4.79 Å². The summed E-state index contributed by atoms with van der Waals surface area (Å²) in [6, 6.07) is 8.11. The van der Waals surface area contributed by atoms with E-state index in [1.807, 2.05) is 19.9 Å². The van der Waals surface area contributed by atoms with E-state index in [2.05, 4.69) is 32.0 Å². The molecule has 0 aliphatic heterocycles. The van der Waals surface area contributed by atoms with Crippen LogP contribution in [0.15, 0.2) is 24.3 Å². The molecule has 26 heavy (non-hydrogen) atoms. The molecule has 145 valence electrons. The number of hydrogen-bond acceptors (Lipinski definition) is 4. The van der Waals surface area contributed by atoms with Crippen molar-refractivity contribution in [1.82, 2.24) is 9.21 Å². The average molecular weight is 394 g/mol. The van der Waals surface area contributed by atoms with Gasteiger partial charge in [-0.1, -0.05) is 53.7 Å². The summed E-state index contributed by atoms with van der Waals surface area (Å²) in [6.45, 7) is 9.57. The van der Waals surface area contributed by atoms with Crippen LogP contribution >= 0.6 is 0 Å². The first-order valence-corrected chi connectivity index (χ1v) is 10.9. The Balaban J connectivity index is 2.64. The standard InChI is InChI=1S/C16H25N3O2S.C3H7.Al/c1-13-7-5-6-8-14(13)11-18(4)15(20)19(22)12-21-16(2,3)9-10-17;1-3-2;/h5-8H,1,9-12,17H2,2-4H3;3H,1-2H3;/q-1;;. The Hall–Kier alpha value is -0.708. The van der Waals surface area contributed by atoms with E-state index in [-0.39, 0.29) is 12.8 Å². The zero-order valence-corrected chi connectivity index (χ0v) is 18.7. The third-order valence-corrected chi connectivity index (χ3v) is 6.07. The monoisotopic (exact) mass is 393 g/mol. The number of urea groups is 1. The van der Waals surface area contributed by atoms with Gasteiger partial charge in [0.1, 0.15) is 6.73 Å². The normalized spacial score (nSPS) is 11.5. The highest BCUT2D eigenvalue weighted by atomic mass is 32.1. The summed E-state index contributed by atoms with van der Waals surface area (Å²) in [5.41, 5.74) is 7.70. The molecule has 2 amide bonds. The minimum Gasteiger partial charge on any atom is -0.660 e. The lowest BCUT2D eigenvalue weighted by Crippen LogP contribution is -2.41. The van der Waals surface area contributed by atoms with Gasteiger partial charge < -0.3 is 32.5 Å². The molecule has 0 atom stereocenters. The molecule has 0 aliphatic rings. The summed E-state index contributed by atoms with van der Waals surface area (Å²) in [4.78, 5) is 14.2. The van der Waals surface area contributed by atoms with Crippen molar-refractivity contribution in [3.8, 4) is 0 Å². The molecule has 7 heteroatoms. The minimum atomic E-state index is -0.392. The van der Waals surface area contributed by atoms with Gasteiger partial charge in [0, 0.05) is 13.6 Å². The number of ether oxygens (including phenoxy) is 1. The smallest absolute Gasteiger partial charge is 0.299 e. The highest BCUT2D eigenvalue weighted by Gasteiger charge is 2.19. The fraction of sp³-hybridized carbons (Fsp3) is 0.632. The number of hydrogen-bond donors (Lipinski definition) is 1. The van der Waals surface area contributed by atoms with Crippen LogP contribution in [0.5, 0.6) is 0 Å². The largest absolute Gasteiger partial charge is 0.660 e. The Morgan fingerprint density at radius 2 is 1.92 bits per heavy atom. The van der Waals surface area contributed by atoms with Gasteiger partial charge in [0.15, 0.2) is 0 Å². The Morgan fingerprint density at radius 3 is 2.50 bits per heavy atom. The lowest BCUT2D eigenvalue weighted by atomic mass is 10.1. The summed E-state index contributed by atoms with van der Waals surface area (Å²) in [5, 5.41) is 1.10. The minimum absolute atomic E-state index is 0.0741. The van der Waals surface area contributed by atoms with Gasteiger partial charge in [-0.2, -0.15) is 0 Å². The molecular weight excluding hydrogens is 361 g/mol. The van der Waals surface area contributed by atoms with E-state index in [1.54, 1.807) is 11.9 Å². The predicted molar refractivity (Wildman–Crippen MR) is 111 cm³/mol. The van der Waals surface area contributed by atoms with Gasteiger partial charge in [0.2, 0.25) is 15.2 Å². The fourth-order valence-electron chi connectivity index (χ4n) is 2.50. The molecule has 0 saturated carbocycles. The molecular formula is C19H32AlN3O2S-. The van der Waals surface area contributed by atoms with E-state index < -0.39 is 5.60 Å². The second kappa shape index (κ2) is 11.2. The number of nitrogens with two attached hydrogens (primary N) is 1. The van der Waals surface area contributed by atoms with Crippen LogP contribution < -0.4 is 5.73 Å². The van der Waals surface area contributed by atoms with Gasteiger partial charge in [-0.05, 0) is 32.4 Å². The zero-order chi connectivity index (χ0) is 19.7. The lowest BCUT2D eigenvalue weighted by molar-refractivity contribution is -0.0466. The molecule has 1 rings (SSSR count). The van der Waals surface area contributed by atoms with Gasteiger partial charge in [0.05, 0.1) is 5.60 Å². The molecule has 0 unspecified atom stereocenters. The quantitative estimate of drug-likeness (QED) is 0.377. The van der Waals surface area contributed by atoms with Crippen molar-refractivity contribution in [3.63, 3.8) is 0 Å². The van der Waals surface area contributed by atoms with Crippen molar-refractivity contribution in [2.24, 2.45) is 5.73 Å². The van der Waals surface area contributed by atoms with Crippen molar-refractivity contribution in [1.29, 1.82) is 0 Å². The number of benzene rings is 1. The van der Waals surface area contributed by atoms with E-state index in [1.165, 1.54) is 15.4 Å². The second-order valence-corrected chi connectivity index (χ2v) is 10.2. The van der Waals surface area contributed by atoms with E-state index in [0.717, 1.165) is 10.1 Å². The van der Waals surface area contributed by atoms with Gasteiger partial charge in [-0.15, -0.1) is 0 Å². The van der Waals surface area contributed by atoms with Crippen LogP contribution in [0.2, 0.25) is 4.78 Å². The van der Waals surface area contributed by atoms with Crippen LogP contribution in [0.1, 0.15) is 45.2 Å². The van der Waals surface area contributed by atoms with Gasteiger partial charge >= 0.3 is 0 Å². The second-order valence-electron chi connectivity index (χ2n) is 7.54. The molecule has 1 radical (unpaired) electrons. The molecule has 1 aromatic rings. The van der Waals surface area contributed by atoms with Crippen molar-refractivity contribution >= 4 is 34.1 Å². The summed E-state index contributed by atoms with van der Waals surface area (Å²) in [6.07, 6.45) is 0.714. The summed E-state index contributed by atoms with van der Waals surface area (Å²) in [7, 11) is 1.78. The van der Waals surface area contributed by atoms with Crippen molar-refractivity contribution in [2.75, 3.05) is 20.3 Å². The van der Waals surface area contributed by atoms with Crippen molar-refractivity contribution in [2.45, 2.75) is 56.3 Å². The van der Waals surface area contributed by atoms with E-state index >= 15 is 0 Å². The zero-order valence-electron chi connectivity index (χ0n) is 16.7.